The molecule has 0 aliphatic carbocycles. The molecule has 0 radical (unpaired) electrons. The molecule has 2 aromatic heterocycles. The number of amides is 1. The molecule has 1 unspecified atom stereocenters. The van der Waals surface area contributed by atoms with Gasteiger partial charge in [0, 0.05) is 23.0 Å². The fourth-order valence-electron chi connectivity index (χ4n) is 2.70. The fourth-order valence-corrected chi connectivity index (χ4v) is 2.70. The Balaban J connectivity index is 1.57. The van der Waals surface area contributed by atoms with Gasteiger partial charge in [0.2, 0.25) is 0 Å². The first-order valence-electron chi connectivity index (χ1n) is 8.51. The average Bonchev–Trinajstić information content (AvgIpc) is 2.99. The highest BCUT2D eigenvalue weighted by molar-refractivity contribution is 5.94. The van der Waals surface area contributed by atoms with E-state index < -0.39 is 0 Å². The van der Waals surface area contributed by atoms with Crippen LogP contribution in [-0.4, -0.2) is 33.5 Å². The van der Waals surface area contributed by atoms with Crippen molar-refractivity contribution in [2.75, 3.05) is 6.54 Å². The summed E-state index contributed by atoms with van der Waals surface area (Å²) in [5.74, 6) is 1.43. The molecule has 26 heavy (non-hydrogen) atoms. The number of hydrogen-bond acceptors (Lipinski definition) is 4. The number of H-pyrrole nitrogens is 1. The van der Waals surface area contributed by atoms with Crippen LogP contribution in [0.2, 0.25) is 0 Å². The summed E-state index contributed by atoms with van der Waals surface area (Å²) in [5.41, 5.74) is 3.51. The molecule has 0 saturated heterocycles. The highest BCUT2D eigenvalue weighted by Crippen LogP contribution is 2.21. The molecule has 6 nitrogen and oxygen atoms in total. The number of aryl methyl sites for hydroxylation is 2. The lowest BCUT2D eigenvalue weighted by atomic mass is 10.1. The third-order valence-electron chi connectivity index (χ3n) is 3.95. The Kier molecular flexibility index (Phi) is 5.31. The van der Waals surface area contributed by atoms with Crippen molar-refractivity contribution in [3.63, 3.8) is 0 Å². The maximum absolute atomic E-state index is 12.3. The molecule has 0 spiro atoms. The van der Waals surface area contributed by atoms with Gasteiger partial charge in [-0.1, -0.05) is 12.1 Å². The Morgan fingerprint density at radius 3 is 2.62 bits per heavy atom. The number of carbonyl (C=O) groups excluding carboxylic acids is 1. The number of rotatable bonds is 6. The normalized spacial score (nSPS) is 11.8. The Bertz CT molecular complexity index is 873. The van der Waals surface area contributed by atoms with Crippen molar-refractivity contribution in [1.82, 2.24) is 20.3 Å². The van der Waals surface area contributed by atoms with Gasteiger partial charge < -0.3 is 15.0 Å². The van der Waals surface area contributed by atoms with Gasteiger partial charge in [-0.15, -0.1) is 0 Å². The number of benzene rings is 1. The SMILES string of the molecule is Cc1nc(-c2ccc(C(=O)NCC(C)Oc3cccnc3)cc2)c(C)[nH]1. The molecular formula is C20H22N4O2. The Labute approximate surface area is 152 Å². The van der Waals surface area contributed by atoms with Crippen molar-refractivity contribution < 1.29 is 9.53 Å². The molecule has 1 atom stereocenters. The van der Waals surface area contributed by atoms with E-state index in [1.165, 1.54) is 0 Å². The van der Waals surface area contributed by atoms with Gasteiger partial charge in [0.1, 0.15) is 17.7 Å². The van der Waals surface area contributed by atoms with Crippen LogP contribution in [0.5, 0.6) is 5.75 Å². The summed E-state index contributed by atoms with van der Waals surface area (Å²) in [6.07, 6.45) is 3.18. The van der Waals surface area contributed by atoms with Crippen molar-refractivity contribution in [3.05, 3.63) is 65.9 Å². The fraction of sp³-hybridized carbons (Fsp3) is 0.250. The van der Waals surface area contributed by atoms with E-state index in [4.69, 9.17) is 4.74 Å². The molecule has 6 heteroatoms. The maximum atomic E-state index is 12.3. The Morgan fingerprint density at radius 2 is 2.00 bits per heavy atom. The number of hydrogen-bond donors (Lipinski definition) is 2. The Hall–Kier alpha value is -3.15. The molecule has 1 aromatic carbocycles. The smallest absolute Gasteiger partial charge is 0.251 e. The van der Waals surface area contributed by atoms with E-state index in [-0.39, 0.29) is 12.0 Å². The molecule has 0 fully saturated rings. The van der Waals surface area contributed by atoms with Crippen LogP contribution in [0.3, 0.4) is 0 Å². The van der Waals surface area contributed by atoms with Crippen molar-refractivity contribution >= 4 is 5.91 Å². The lowest BCUT2D eigenvalue weighted by Crippen LogP contribution is -2.33. The summed E-state index contributed by atoms with van der Waals surface area (Å²) in [7, 11) is 0. The van der Waals surface area contributed by atoms with E-state index in [1.807, 2.05) is 45.0 Å². The van der Waals surface area contributed by atoms with Gasteiger partial charge >= 0.3 is 0 Å². The lowest BCUT2D eigenvalue weighted by Gasteiger charge is -2.15. The van der Waals surface area contributed by atoms with Crippen molar-refractivity contribution in [2.24, 2.45) is 0 Å². The second kappa shape index (κ2) is 7.82. The van der Waals surface area contributed by atoms with Gasteiger partial charge in [0.15, 0.2) is 0 Å². The van der Waals surface area contributed by atoms with E-state index in [2.05, 4.69) is 20.3 Å². The topological polar surface area (TPSA) is 79.9 Å². The van der Waals surface area contributed by atoms with Crippen LogP contribution in [0.4, 0.5) is 0 Å². The minimum Gasteiger partial charge on any atom is -0.487 e. The molecule has 0 saturated carbocycles. The molecule has 0 bridgehead atoms. The van der Waals surface area contributed by atoms with Gasteiger partial charge in [-0.2, -0.15) is 0 Å². The lowest BCUT2D eigenvalue weighted by molar-refractivity contribution is 0.0932. The van der Waals surface area contributed by atoms with E-state index >= 15 is 0 Å². The van der Waals surface area contributed by atoms with E-state index in [0.29, 0.717) is 17.9 Å². The van der Waals surface area contributed by atoms with Crippen molar-refractivity contribution in [1.29, 1.82) is 0 Å². The third kappa shape index (κ3) is 4.27. The molecule has 0 aliphatic rings. The van der Waals surface area contributed by atoms with Gasteiger partial charge in [-0.3, -0.25) is 9.78 Å². The minimum absolute atomic E-state index is 0.131. The molecule has 134 valence electrons. The second-order valence-corrected chi connectivity index (χ2v) is 6.20. The zero-order chi connectivity index (χ0) is 18.5. The van der Waals surface area contributed by atoms with E-state index in [0.717, 1.165) is 22.8 Å². The number of aromatic amines is 1. The van der Waals surface area contributed by atoms with Crippen LogP contribution in [-0.2, 0) is 0 Å². The molecule has 0 aliphatic heterocycles. The molecular weight excluding hydrogens is 328 g/mol. The Morgan fingerprint density at radius 1 is 1.23 bits per heavy atom. The molecule has 2 N–H and O–H groups in total. The number of carbonyl (C=O) groups is 1. The predicted octanol–water partition coefficient (Wildman–Crippen LogP) is 3.29. The average molecular weight is 350 g/mol. The highest BCUT2D eigenvalue weighted by atomic mass is 16.5. The summed E-state index contributed by atoms with van der Waals surface area (Å²) in [6.45, 7) is 6.22. The van der Waals surface area contributed by atoms with Crippen LogP contribution in [0, 0.1) is 13.8 Å². The predicted molar refractivity (Wildman–Crippen MR) is 100 cm³/mol. The van der Waals surface area contributed by atoms with Crippen LogP contribution < -0.4 is 10.1 Å². The largest absolute Gasteiger partial charge is 0.487 e. The van der Waals surface area contributed by atoms with Crippen molar-refractivity contribution in [3.8, 4) is 17.0 Å². The second-order valence-electron chi connectivity index (χ2n) is 6.20. The summed E-state index contributed by atoms with van der Waals surface area (Å²) in [4.78, 5) is 24.0. The third-order valence-corrected chi connectivity index (χ3v) is 3.95. The molecule has 1 amide bonds. The first-order chi connectivity index (χ1) is 12.5. The minimum atomic E-state index is -0.155. The summed E-state index contributed by atoms with van der Waals surface area (Å²) >= 11 is 0. The maximum Gasteiger partial charge on any atom is 0.251 e. The number of pyridine rings is 1. The quantitative estimate of drug-likeness (QED) is 0.715. The highest BCUT2D eigenvalue weighted by Gasteiger charge is 2.11. The number of nitrogens with zero attached hydrogens (tertiary/aromatic N) is 2. The van der Waals surface area contributed by atoms with Crippen LogP contribution >= 0.6 is 0 Å². The summed E-state index contributed by atoms with van der Waals surface area (Å²) < 4.78 is 5.70. The van der Waals surface area contributed by atoms with E-state index in [9.17, 15) is 4.79 Å². The zero-order valence-corrected chi connectivity index (χ0v) is 15.1. The first-order valence-corrected chi connectivity index (χ1v) is 8.51. The molecule has 2 heterocycles. The summed E-state index contributed by atoms with van der Waals surface area (Å²) in [6, 6.07) is 11.1. The first kappa shape index (κ1) is 17.7. The summed E-state index contributed by atoms with van der Waals surface area (Å²) in [5, 5.41) is 2.89. The van der Waals surface area contributed by atoms with Gasteiger partial charge in [0.25, 0.3) is 5.91 Å². The zero-order valence-electron chi connectivity index (χ0n) is 15.1. The van der Waals surface area contributed by atoms with Crippen molar-refractivity contribution in [2.45, 2.75) is 26.9 Å². The monoisotopic (exact) mass is 350 g/mol. The molecule has 3 aromatic rings. The number of imidazole rings is 1. The number of nitrogens with one attached hydrogen (secondary N) is 2. The van der Waals surface area contributed by atoms with Crippen LogP contribution in [0.1, 0.15) is 28.8 Å². The number of ether oxygens (including phenoxy) is 1. The standard InChI is InChI=1S/C20H22N4O2/c1-13(26-18-5-4-10-21-12-18)11-22-20(25)17-8-6-16(7-9-17)19-14(2)23-15(3)24-19/h4-10,12-13H,11H2,1-3H3,(H,22,25)(H,23,24). The van der Waals surface area contributed by atoms with Crippen LogP contribution in [0.25, 0.3) is 11.3 Å². The molecule has 3 rings (SSSR count). The van der Waals surface area contributed by atoms with Crippen LogP contribution in [0.15, 0.2) is 48.8 Å². The van der Waals surface area contributed by atoms with Gasteiger partial charge in [-0.05, 0) is 45.0 Å². The van der Waals surface area contributed by atoms with E-state index in [1.54, 1.807) is 24.5 Å². The number of aromatic nitrogens is 3. The van der Waals surface area contributed by atoms with Gasteiger partial charge in [0.05, 0.1) is 18.4 Å². The van der Waals surface area contributed by atoms with Gasteiger partial charge in [-0.25, -0.2) is 4.98 Å².